The summed E-state index contributed by atoms with van der Waals surface area (Å²) >= 11 is 0. The van der Waals surface area contributed by atoms with Crippen LogP contribution in [0, 0.1) is 0 Å². The molecule has 0 aliphatic rings. The van der Waals surface area contributed by atoms with Crippen molar-refractivity contribution >= 4 is 0 Å². The van der Waals surface area contributed by atoms with E-state index in [2.05, 4.69) is 25.3 Å². The van der Waals surface area contributed by atoms with Crippen LogP contribution in [0.25, 0.3) is 0 Å². The Balaban J connectivity index is 4.70. The first-order valence-electron chi connectivity index (χ1n) is 5.40. The number of aliphatic hydroxyl groups is 1. The van der Waals surface area contributed by atoms with Gasteiger partial charge in [0.2, 0.25) is 0 Å². The Morgan fingerprint density at radius 2 is 1.79 bits per heavy atom. The van der Waals surface area contributed by atoms with Crippen LogP contribution in [-0.2, 0) is 0 Å². The number of hydrogen-bond acceptors (Lipinski definition) is 2. The molecule has 0 aliphatic heterocycles. The van der Waals surface area contributed by atoms with E-state index in [1.807, 2.05) is 21.0 Å². The lowest BCUT2D eigenvalue weighted by atomic mass is 9.82. The van der Waals surface area contributed by atoms with Crippen molar-refractivity contribution in [1.82, 2.24) is 4.90 Å². The summed E-state index contributed by atoms with van der Waals surface area (Å²) in [6.07, 6.45) is 2.31. The van der Waals surface area contributed by atoms with Gasteiger partial charge in [-0.2, -0.15) is 0 Å². The van der Waals surface area contributed by atoms with E-state index in [1.54, 1.807) is 0 Å². The zero-order valence-electron chi connectivity index (χ0n) is 10.3. The fourth-order valence-electron chi connectivity index (χ4n) is 2.17. The van der Waals surface area contributed by atoms with Crippen molar-refractivity contribution in [1.29, 1.82) is 0 Å². The lowest BCUT2D eigenvalue weighted by Gasteiger charge is -2.42. The molecule has 0 aromatic carbocycles. The number of aliphatic hydroxyl groups excluding tert-OH is 1. The molecule has 0 radical (unpaired) electrons. The predicted molar refractivity (Wildman–Crippen MR) is 62.4 cm³/mol. The largest absolute Gasteiger partial charge is 0.391 e. The quantitative estimate of drug-likeness (QED) is 0.664. The highest BCUT2D eigenvalue weighted by Crippen LogP contribution is 2.28. The molecule has 1 atom stereocenters. The maximum Gasteiger partial charge on any atom is 0.0760 e. The standard InChI is InChI=1S/C12H25NO/c1-7-12(8-2,13(5)6)11(14)9-10(3)4/h11,14H,3,7-9H2,1-2,4-6H3. The lowest BCUT2D eigenvalue weighted by Crippen LogP contribution is -2.52. The SMILES string of the molecule is C=C(C)CC(O)C(CC)(CC)N(C)C. The molecule has 0 aromatic rings. The summed E-state index contributed by atoms with van der Waals surface area (Å²) in [6, 6.07) is 0. The smallest absolute Gasteiger partial charge is 0.0760 e. The van der Waals surface area contributed by atoms with Crippen molar-refractivity contribution in [2.75, 3.05) is 14.1 Å². The molecule has 1 N–H and O–H groups in total. The molecule has 2 nitrogen and oxygen atoms in total. The second-order valence-electron chi connectivity index (χ2n) is 4.38. The first-order chi connectivity index (χ1) is 6.40. The topological polar surface area (TPSA) is 23.5 Å². The Kier molecular flexibility index (Phi) is 5.38. The third-order valence-corrected chi connectivity index (χ3v) is 3.28. The van der Waals surface area contributed by atoms with E-state index in [0.717, 1.165) is 18.4 Å². The molecule has 2 heteroatoms. The molecule has 0 aromatic heterocycles. The maximum atomic E-state index is 10.2. The second kappa shape index (κ2) is 5.52. The first-order valence-corrected chi connectivity index (χ1v) is 5.40. The van der Waals surface area contributed by atoms with Crippen LogP contribution in [-0.4, -0.2) is 35.7 Å². The molecule has 0 amide bonds. The van der Waals surface area contributed by atoms with Crippen LogP contribution in [0.2, 0.25) is 0 Å². The number of hydrogen-bond donors (Lipinski definition) is 1. The van der Waals surface area contributed by atoms with Crippen molar-refractivity contribution in [2.45, 2.75) is 51.7 Å². The van der Waals surface area contributed by atoms with E-state index in [-0.39, 0.29) is 11.6 Å². The van der Waals surface area contributed by atoms with Gasteiger partial charge in [0.1, 0.15) is 0 Å². The Morgan fingerprint density at radius 1 is 1.36 bits per heavy atom. The fraction of sp³-hybridized carbons (Fsp3) is 0.833. The van der Waals surface area contributed by atoms with Crippen molar-refractivity contribution in [3.05, 3.63) is 12.2 Å². The summed E-state index contributed by atoms with van der Waals surface area (Å²) in [6.45, 7) is 10.1. The predicted octanol–water partition coefficient (Wildman–Crippen LogP) is 2.43. The van der Waals surface area contributed by atoms with Gasteiger partial charge in [-0.3, -0.25) is 0 Å². The minimum absolute atomic E-state index is 0.0983. The Bertz CT molecular complexity index is 183. The minimum Gasteiger partial charge on any atom is -0.391 e. The summed E-state index contributed by atoms with van der Waals surface area (Å²) in [7, 11) is 4.07. The van der Waals surface area contributed by atoms with Gasteiger partial charge in [-0.25, -0.2) is 0 Å². The van der Waals surface area contributed by atoms with Crippen molar-refractivity contribution in [3.8, 4) is 0 Å². The highest BCUT2D eigenvalue weighted by Gasteiger charge is 2.36. The average molecular weight is 199 g/mol. The molecule has 14 heavy (non-hydrogen) atoms. The summed E-state index contributed by atoms with van der Waals surface area (Å²) < 4.78 is 0. The number of likely N-dealkylation sites (N-methyl/N-ethyl adjacent to an activating group) is 1. The molecule has 0 heterocycles. The van der Waals surface area contributed by atoms with Gasteiger partial charge < -0.3 is 10.0 Å². The third kappa shape index (κ3) is 2.82. The highest BCUT2D eigenvalue weighted by atomic mass is 16.3. The van der Waals surface area contributed by atoms with Gasteiger partial charge in [-0.15, -0.1) is 6.58 Å². The molecule has 0 rings (SSSR count). The maximum absolute atomic E-state index is 10.2. The Hall–Kier alpha value is -0.340. The monoisotopic (exact) mass is 199 g/mol. The molecule has 1 unspecified atom stereocenters. The summed E-state index contributed by atoms with van der Waals surface area (Å²) in [5, 5.41) is 10.2. The van der Waals surface area contributed by atoms with Gasteiger partial charge in [0.25, 0.3) is 0 Å². The van der Waals surface area contributed by atoms with Crippen LogP contribution in [0.1, 0.15) is 40.0 Å². The van der Waals surface area contributed by atoms with E-state index >= 15 is 0 Å². The molecular weight excluding hydrogens is 174 g/mol. The summed E-state index contributed by atoms with van der Waals surface area (Å²) in [4.78, 5) is 2.14. The van der Waals surface area contributed by atoms with Crippen LogP contribution >= 0.6 is 0 Å². The zero-order valence-corrected chi connectivity index (χ0v) is 10.3. The number of rotatable bonds is 6. The molecule has 0 saturated carbocycles. The van der Waals surface area contributed by atoms with E-state index in [0.29, 0.717) is 6.42 Å². The van der Waals surface area contributed by atoms with E-state index in [9.17, 15) is 5.11 Å². The van der Waals surface area contributed by atoms with Gasteiger partial charge in [0.15, 0.2) is 0 Å². The van der Waals surface area contributed by atoms with Crippen LogP contribution in [0.5, 0.6) is 0 Å². The molecule has 0 spiro atoms. The van der Waals surface area contributed by atoms with Crippen LogP contribution in [0.15, 0.2) is 12.2 Å². The summed E-state index contributed by atoms with van der Waals surface area (Å²) in [5.41, 5.74) is 0.949. The molecular formula is C12H25NO. The van der Waals surface area contributed by atoms with Gasteiger partial charge in [0.05, 0.1) is 6.10 Å². The minimum atomic E-state index is -0.315. The van der Waals surface area contributed by atoms with Crippen LogP contribution in [0.4, 0.5) is 0 Å². The Morgan fingerprint density at radius 3 is 2.00 bits per heavy atom. The third-order valence-electron chi connectivity index (χ3n) is 3.28. The molecule has 0 aliphatic carbocycles. The average Bonchev–Trinajstić information content (AvgIpc) is 2.05. The van der Waals surface area contributed by atoms with E-state index in [4.69, 9.17) is 0 Å². The van der Waals surface area contributed by atoms with E-state index < -0.39 is 0 Å². The lowest BCUT2D eigenvalue weighted by molar-refractivity contribution is -0.0124. The van der Waals surface area contributed by atoms with E-state index in [1.165, 1.54) is 0 Å². The normalized spacial score (nSPS) is 14.5. The van der Waals surface area contributed by atoms with Gasteiger partial charge in [-0.1, -0.05) is 19.4 Å². The highest BCUT2D eigenvalue weighted by molar-refractivity contribution is 5.00. The molecule has 84 valence electrons. The molecule has 0 fully saturated rings. The first kappa shape index (κ1) is 13.7. The fourth-order valence-corrected chi connectivity index (χ4v) is 2.17. The van der Waals surface area contributed by atoms with Gasteiger partial charge in [0, 0.05) is 5.54 Å². The zero-order chi connectivity index (χ0) is 11.4. The van der Waals surface area contributed by atoms with Crippen LogP contribution < -0.4 is 0 Å². The molecule has 0 bridgehead atoms. The van der Waals surface area contributed by atoms with Crippen molar-refractivity contribution in [3.63, 3.8) is 0 Å². The number of nitrogens with zero attached hydrogens (tertiary/aromatic N) is 1. The van der Waals surface area contributed by atoms with Gasteiger partial charge in [-0.05, 0) is 40.3 Å². The molecule has 0 saturated heterocycles. The summed E-state index contributed by atoms with van der Waals surface area (Å²) in [5.74, 6) is 0. The van der Waals surface area contributed by atoms with Gasteiger partial charge >= 0.3 is 0 Å². The van der Waals surface area contributed by atoms with Crippen LogP contribution in [0.3, 0.4) is 0 Å². The van der Waals surface area contributed by atoms with Crippen molar-refractivity contribution in [2.24, 2.45) is 0 Å². The Labute approximate surface area is 88.6 Å². The van der Waals surface area contributed by atoms with Crippen molar-refractivity contribution < 1.29 is 5.11 Å². The second-order valence-corrected chi connectivity index (χ2v) is 4.38.